The van der Waals surface area contributed by atoms with Crippen LogP contribution < -0.4 is 10.6 Å². The summed E-state index contributed by atoms with van der Waals surface area (Å²) in [5.41, 5.74) is 0. The lowest BCUT2D eigenvalue weighted by molar-refractivity contribution is -0.146. The Hall–Kier alpha value is -1.79. The molecule has 0 aliphatic rings. The lowest BCUT2D eigenvalue weighted by Gasteiger charge is -2.16. The molecule has 0 heterocycles. The SMILES string of the molecule is CC(C(=O)O)C(C)C(=O)NCCNC(=O)N(C)C. The molecule has 2 unspecified atom stereocenters. The molecule has 18 heavy (non-hydrogen) atoms. The maximum atomic E-state index is 11.6. The van der Waals surface area contributed by atoms with E-state index < -0.39 is 17.8 Å². The molecule has 7 heteroatoms. The molecule has 7 nitrogen and oxygen atoms in total. The normalized spacial score (nSPS) is 13.3. The molecule has 0 spiro atoms. The Morgan fingerprint density at radius 3 is 2.00 bits per heavy atom. The van der Waals surface area contributed by atoms with Crippen molar-refractivity contribution >= 4 is 17.9 Å². The molecule has 0 fully saturated rings. The Morgan fingerprint density at radius 1 is 1.06 bits per heavy atom. The highest BCUT2D eigenvalue weighted by atomic mass is 16.4. The molecule has 0 rings (SSSR count). The fraction of sp³-hybridized carbons (Fsp3) is 0.727. The topological polar surface area (TPSA) is 98.7 Å². The molecular weight excluding hydrogens is 238 g/mol. The summed E-state index contributed by atoms with van der Waals surface area (Å²) in [6.45, 7) is 3.62. The zero-order valence-electron chi connectivity index (χ0n) is 11.2. The van der Waals surface area contributed by atoms with Crippen molar-refractivity contribution < 1.29 is 19.5 Å². The summed E-state index contributed by atoms with van der Waals surface area (Å²) in [7, 11) is 3.23. The van der Waals surface area contributed by atoms with Gasteiger partial charge in [-0.2, -0.15) is 0 Å². The second-order valence-electron chi connectivity index (χ2n) is 4.33. The molecular formula is C11H21N3O4. The van der Waals surface area contributed by atoms with Crippen LogP contribution in [0.2, 0.25) is 0 Å². The first-order chi connectivity index (χ1) is 8.27. The number of carboxylic acid groups (broad SMARTS) is 1. The van der Waals surface area contributed by atoms with E-state index in [0.29, 0.717) is 6.54 Å². The molecule has 0 aliphatic heterocycles. The Labute approximate surface area is 107 Å². The van der Waals surface area contributed by atoms with E-state index in [0.717, 1.165) is 0 Å². The molecule has 0 saturated heterocycles. The molecule has 0 saturated carbocycles. The number of amides is 3. The number of urea groups is 1. The third kappa shape index (κ3) is 5.51. The number of aliphatic carboxylic acids is 1. The van der Waals surface area contributed by atoms with Crippen LogP contribution in [0.3, 0.4) is 0 Å². The number of nitrogens with zero attached hydrogens (tertiary/aromatic N) is 1. The van der Waals surface area contributed by atoms with Crippen LogP contribution in [0.15, 0.2) is 0 Å². The zero-order valence-corrected chi connectivity index (χ0v) is 11.2. The summed E-state index contributed by atoms with van der Waals surface area (Å²) in [6, 6.07) is -0.240. The number of rotatable bonds is 6. The van der Waals surface area contributed by atoms with E-state index in [1.54, 1.807) is 21.0 Å². The summed E-state index contributed by atoms with van der Waals surface area (Å²) < 4.78 is 0. The van der Waals surface area contributed by atoms with Crippen molar-refractivity contribution in [1.29, 1.82) is 0 Å². The summed E-state index contributed by atoms with van der Waals surface area (Å²) in [4.78, 5) is 34.8. The Morgan fingerprint density at radius 2 is 1.56 bits per heavy atom. The quantitative estimate of drug-likeness (QED) is 0.572. The first kappa shape index (κ1) is 16.2. The van der Waals surface area contributed by atoms with Gasteiger partial charge < -0.3 is 20.6 Å². The van der Waals surface area contributed by atoms with Gasteiger partial charge >= 0.3 is 12.0 Å². The minimum absolute atomic E-state index is 0.240. The maximum Gasteiger partial charge on any atom is 0.316 e. The second kappa shape index (κ2) is 7.52. The molecule has 0 aromatic heterocycles. The van der Waals surface area contributed by atoms with E-state index >= 15 is 0 Å². The average molecular weight is 259 g/mol. The van der Waals surface area contributed by atoms with E-state index in [2.05, 4.69) is 10.6 Å². The van der Waals surface area contributed by atoms with Gasteiger partial charge in [-0.05, 0) is 0 Å². The Balaban J connectivity index is 3.91. The first-order valence-electron chi connectivity index (χ1n) is 5.73. The predicted molar refractivity (Wildman–Crippen MR) is 66.1 cm³/mol. The van der Waals surface area contributed by atoms with Gasteiger partial charge in [0.05, 0.1) is 5.92 Å². The number of hydrogen-bond acceptors (Lipinski definition) is 3. The standard InChI is InChI=1S/C11H21N3O4/c1-7(8(2)10(16)17)9(15)12-5-6-13-11(18)14(3)4/h7-8H,5-6H2,1-4H3,(H,12,15)(H,13,18)(H,16,17). The van der Waals surface area contributed by atoms with Crippen LogP contribution in [0.5, 0.6) is 0 Å². The lowest BCUT2D eigenvalue weighted by atomic mass is 9.95. The van der Waals surface area contributed by atoms with Gasteiger partial charge in [0.25, 0.3) is 0 Å². The van der Waals surface area contributed by atoms with Crippen molar-refractivity contribution in [3.8, 4) is 0 Å². The predicted octanol–water partition coefficient (Wildman–Crippen LogP) is -0.269. The van der Waals surface area contributed by atoms with Crippen LogP contribution >= 0.6 is 0 Å². The van der Waals surface area contributed by atoms with Gasteiger partial charge in [0, 0.05) is 33.1 Å². The summed E-state index contributed by atoms with van der Waals surface area (Å²) in [6.07, 6.45) is 0. The van der Waals surface area contributed by atoms with Crippen molar-refractivity contribution in [2.24, 2.45) is 11.8 Å². The maximum absolute atomic E-state index is 11.6. The van der Waals surface area contributed by atoms with Crippen molar-refractivity contribution in [2.45, 2.75) is 13.8 Å². The molecule has 3 amide bonds. The van der Waals surface area contributed by atoms with Gasteiger partial charge in [0.1, 0.15) is 0 Å². The highest BCUT2D eigenvalue weighted by Crippen LogP contribution is 2.10. The third-order valence-corrected chi connectivity index (χ3v) is 2.66. The van der Waals surface area contributed by atoms with Gasteiger partial charge in [0.2, 0.25) is 5.91 Å². The Bertz CT molecular complexity index is 317. The monoisotopic (exact) mass is 259 g/mol. The summed E-state index contributed by atoms with van der Waals surface area (Å²) >= 11 is 0. The van der Waals surface area contributed by atoms with Crippen molar-refractivity contribution in [2.75, 3.05) is 27.2 Å². The molecule has 0 aromatic rings. The van der Waals surface area contributed by atoms with Gasteiger partial charge in [-0.25, -0.2) is 4.79 Å². The van der Waals surface area contributed by atoms with E-state index in [1.807, 2.05) is 0 Å². The van der Waals surface area contributed by atoms with E-state index in [9.17, 15) is 14.4 Å². The Kier molecular flexibility index (Phi) is 6.77. The molecule has 2 atom stereocenters. The van der Waals surface area contributed by atoms with Crippen LogP contribution in [-0.4, -0.2) is 55.1 Å². The lowest BCUT2D eigenvalue weighted by Crippen LogP contribution is -2.42. The number of carbonyl (C=O) groups excluding carboxylic acids is 2. The molecule has 0 radical (unpaired) electrons. The van der Waals surface area contributed by atoms with Crippen molar-refractivity contribution in [3.05, 3.63) is 0 Å². The molecule has 0 bridgehead atoms. The van der Waals surface area contributed by atoms with Crippen LogP contribution in [0, 0.1) is 11.8 Å². The minimum Gasteiger partial charge on any atom is -0.481 e. The average Bonchev–Trinajstić information content (AvgIpc) is 2.31. The van der Waals surface area contributed by atoms with Gasteiger partial charge in [-0.3, -0.25) is 9.59 Å². The van der Waals surface area contributed by atoms with Gasteiger partial charge in [-0.1, -0.05) is 13.8 Å². The molecule has 0 aromatic carbocycles. The minimum atomic E-state index is -1.00. The fourth-order valence-corrected chi connectivity index (χ4v) is 1.12. The number of carboxylic acids is 1. The van der Waals surface area contributed by atoms with Crippen LogP contribution in [0.4, 0.5) is 4.79 Å². The van der Waals surface area contributed by atoms with Gasteiger partial charge in [-0.15, -0.1) is 0 Å². The number of carbonyl (C=O) groups is 3. The van der Waals surface area contributed by atoms with Crippen LogP contribution in [0.25, 0.3) is 0 Å². The zero-order chi connectivity index (χ0) is 14.3. The highest BCUT2D eigenvalue weighted by molar-refractivity contribution is 5.84. The smallest absolute Gasteiger partial charge is 0.316 e. The summed E-state index contributed by atoms with van der Waals surface area (Å²) in [5.74, 6) is -2.67. The third-order valence-electron chi connectivity index (χ3n) is 2.66. The highest BCUT2D eigenvalue weighted by Gasteiger charge is 2.25. The molecule has 104 valence electrons. The number of hydrogen-bond donors (Lipinski definition) is 3. The summed E-state index contributed by atoms with van der Waals surface area (Å²) in [5, 5.41) is 13.9. The van der Waals surface area contributed by atoms with E-state index in [1.165, 1.54) is 11.8 Å². The van der Waals surface area contributed by atoms with Crippen LogP contribution in [0.1, 0.15) is 13.8 Å². The number of nitrogens with one attached hydrogen (secondary N) is 2. The van der Waals surface area contributed by atoms with Crippen LogP contribution in [-0.2, 0) is 9.59 Å². The van der Waals surface area contributed by atoms with E-state index in [-0.39, 0.29) is 18.5 Å². The largest absolute Gasteiger partial charge is 0.481 e. The van der Waals surface area contributed by atoms with Gasteiger partial charge in [0.15, 0.2) is 0 Å². The molecule has 0 aliphatic carbocycles. The first-order valence-corrected chi connectivity index (χ1v) is 5.73. The van der Waals surface area contributed by atoms with Crippen molar-refractivity contribution in [3.63, 3.8) is 0 Å². The second-order valence-corrected chi connectivity index (χ2v) is 4.33. The fourth-order valence-electron chi connectivity index (χ4n) is 1.12. The molecule has 3 N–H and O–H groups in total. The van der Waals surface area contributed by atoms with E-state index in [4.69, 9.17) is 5.11 Å². The van der Waals surface area contributed by atoms with Crippen molar-refractivity contribution in [1.82, 2.24) is 15.5 Å².